The van der Waals surface area contributed by atoms with Crippen molar-refractivity contribution in [3.63, 3.8) is 0 Å². The molecule has 1 fully saturated rings. The molecule has 1 N–H and O–H groups in total. The lowest BCUT2D eigenvalue weighted by Crippen LogP contribution is -2.51. The first kappa shape index (κ1) is 17.1. The van der Waals surface area contributed by atoms with Crippen molar-refractivity contribution in [2.45, 2.75) is 32.4 Å². The van der Waals surface area contributed by atoms with E-state index >= 15 is 0 Å². The van der Waals surface area contributed by atoms with Crippen LogP contribution in [0.5, 0.6) is 0 Å². The van der Waals surface area contributed by atoms with Crippen LogP contribution in [0.3, 0.4) is 0 Å². The third kappa shape index (κ3) is 3.66. The van der Waals surface area contributed by atoms with E-state index in [0.717, 1.165) is 38.2 Å². The third-order valence-electron chi connectivity index (χ3n) is 4.91. The van der Waals surface area contributed by atoms with E-state index in [1.165, 1.54) is 0 Å². The number of rotatable bonds is 6. The molecule has 1 aromatic carbocycles. The van der Waals surface area contributed by atoms with Gasteiger partial charge >= 0.3 is 0 Å². The number of aliphatic hydroxyl groups is 1. The molecule has 1 aromatic heterocycles. The first-order valence-electron chi connectivity index (χ1n) is 8.70. The van der Waals surface area contributed by atoms with Crippen molar-refractivity contribution >= 4 is 0 Å². The summed E-state index contributed by atoms with van der Waals surface area (Å²) in [7, 11) is 0. The molecule has 130 valence electrons. The van der Waals surface area contributed by atoms with Gasteiger partial charge in [-0.15, -0.1) is 10.2 Å². The van der Waals surface area contributed by atoms with Crippen LogP contribution in [0.2, 0.25) is 0 Å². The van der Waals surface area contributed by atoms with E-state index in [1.807, 2.05) is 30.3 Å². The molecule has 3 rings (SSSR count). The minimum atomic E-state index is 0.103. The predicted molar refractivity (Wildman–Crippen MR) is 92.5 cm³/mol. The lowest BCUT2D eigenvalue weighted by molar-refractivity contribution is 0.0435. The SMILES string of the molecule is CCC(CO)N1CCN(C(C)c2nnc(-c3ccccc3)o2)CC1. The van der Waals surface area contributed by atoms with E-state index in [9.17, 15) is 5.11 Å². The summed E-state index contributed by atoms with van der Waals surface area (Å²) >= 11 is 0. The van der Waals surface area contributed by atoms with E-state index in [0.29, 0.717) is 11.8 Å². The summed E-state index contributed by atoms with van der Waals surface area (Å²) in [6.45, 7) is 8.28. The maximum absolute atomic E-state index is 9.45. The minimum Gasteiger partial charge on any atom is -0.419 e. The van der Waals surface area contributed by atoms with Crippen molar-refractivity contribution in [1.29, 1.82) is 0 Å². The topological polar surface area (TPSA) is 65.6 Å². The monoisotopic (exact) mass is 330 g/mol. The highest BCUT2D eigenvalue weighted by Gasteiger charge is 2.28. The van der Waals surface area contributed by atoms with Crippen molar-refractivity contribution in [3.8, 4) is 11.5 Å². The van der Waals surface area contributed by atoms with Gasteiger partial charge in [-0.1, -0.05) is 25.1 Å². The fraction of sp³-hybridized carbons (Fsp3) is 0.556. The molecule has 0 amide bonds. The van der Waals surface area contributed by atoms with Gasteiger partial charge in [-0.3, -0.25) is 9.80 Å². The molecule has 6 nitrogen and oxygen atoms in total. The van der Waals surface area contributed by atoms with Crippen LogP contribution in [0.1, 0.15) is 32.2 Å². The minimum absolute atomic E-state index is 0.103. The molecule has 6 heteroatoms. The maximum atomic E-state index is 9.45. The summed E-state index contributed by atoms with van der Waals surface area (Å²) in [5, 5.41) is 17.9. The molecule has 1 aliphatic rings. The van der Waals surface area contributed by atoms with Crippen LogP contribution in [-0.2, 0) is 0 Å². The van der Waals surface area contributed by atoms with Crippen LogP contribution < -0.4 is 0 Å². The normalized spacial score (nSPS) is 19.3. The Morgan fingerprint density at radius 2 is 1.75 bits per heavy atom. The van der Waals surface area contributed by atoms with Crippen molar-refractivity contribution in [1.82, 2.24) is 20.0 Å². The average Bonchev–Trinajstić information content (AvgIpc) is 3.14. The Bertz CT molecular complexity index is 619. The second kappa shape index (κ2) is 7.88. The molecule has 0 radical (unpaired) electrons. The van der Waals surface area contributed by atoms with Gasteiger partial charge in [0.2, 0.25) is 11.8 Å². The zero-order chi connectivity index (χ0) is 16.9. The highest BCUT2D eigenvalue weighted by Crippen LogP contribution is 2.25. The van der Waals surface area contributed by atoms with Crippen LogP contribution in [0.4, 0.5) is 0 Å². The molecule has 0 bridgehead atoms. The van der Waals surface area contributed by atoms with E-state index in [2.05, 4.69) is 33.8 Å². The van der Waals surface area contributed by atoms with Gasteiger partial charge in [0.05, 0.1) is 12.6 Å². The second-order valence-electron chi connectivity index (χ2n) is 6.30. The van der Waals surface area contributed by atoms with E-state index in [4.69, 9.17) is 4.42 Å². The molecule has 2 heterocycles. The van der Waals surface area contributed by atoms with Gasteiger partial charge in [0.15, 0.2) is 0 Å². The van der Waals surface area contributed by atoms with Gasteiger partial charge in [-0.2, -0.15) is 0 Å². The molecule has 1 saturated heterocycles. The molecule has 0 saturated carbocycles. The summed E-state index contributed by atoms with van der Waals surface area (Å²) in [4.78, 5) is 4.73. The molecule has 2 aromatic rings. The largest absolute Gasteiger partial charge is 0.419 e. The van der Waals surface area contributed by atoms with Gasteiger partial charge in [0.1, 0.15) is 0 Å². The number of piperazine rings is 1. The van der Waals surface area contributed by atoms with Crippen LogP contribution in [0, 0.1) is 0 Å². The molecule has 0 spiro atoms. The highest BCUT2D eigenvalue weighted by atomic mass is 16.4. The maximum Gasteiger partial charge on any atom is 0.247 e. The number of aromatic nitrogens is 2. The van der Waals surface area contributed by atoms with Gasteiger partial charge < -0.3 is 9.52 Å². The predicted octanol–water partition coefficient (Wildman–Crippen LogP) is 2.19. The Morgan fingerprint density at radius 1 is 1.08 bits per heavy atom. The number of hydrogen-bond donors (Lipinski definition) is 1. The number of aliphatic hydroxyl groups excluding tert-OH is 1. The van der Waals surface area contributed by atoms with Crippen LogP contribution >= 0.6 is 0 Å². The zero-order valence-corrected chi connectivity index (χ0v) is 14.4. The Hall–Kier alpha value is -1.76. The van der Waals surface area contributed by atoms with Crippen LogP contribution in [-0.4, -0.2) is 63.9 Å². The first-order valence-corrected chi connectivity index (χ1v) is 8.70. The lowest BCUT2D eigenvalue weighted by Gasteiger charge is -2.40. The molecule has 0 aliphatic carbocycles. The van der Waals surface area contributed by atoms with Crippen LogP contribution in [0.15, 0.2) is 34.7 Å². The van der Waals surface area contributed by atoms with Crippen molar-refractivity contribution in [2.24, 2.45) is 0 Å². The standard InChI is InChI=1S/C18H26N4O2/c1-3-16(13-23)22-11-9-21(10-12-22)14(2)17-19-20-18(24-17)15-7-5-4-6-8-15/h4-8,14,16,23H,3,9-13H2,1-2H3. The second-order valence-corrected chi connectivity index (χ2v) is 6.30. The van der Waals surface area contributed by atoms with E-state index in [1.54, 1.807) is 0 Å². The Morgan fingerprint density at radius 3 is 2.38 bits per heavy atom. The first-order chi connectivity index (χ1) is 11.7. The van der Waals surface area contributed by atoms with Crippen molar-refractivity contribution in [2.75, 3.05) is 32.8 Å². The number of benzene rings is 1. The van der Waals surface area contributed by atoms with Gasteiger partial charge in [-0.25, -0.2) is 0 Å². The summed E-state index contributed by atoms with van der Waals surface area (Å²) in [5.74, 6) is 1.24. The molecule has 1 aliphatic heterocycles. The highest BCUT2D eigenvalue weighted by molar-refractivity contribution is 5.51. The summed E-state index contributed by atoms with van der Waals surface area (Å²) in [5.41, 5.74) is 0.946. The summed E-state index contributed by atoms with van der Waals surface area (Å²) < 4.78 is 5.88. The molecule has 2 unspecified atom stereocenters. The number of hydrogen-bond acceptors (Lipinski definition) is 6. The summed E-state index contributed by atoms with van der Waals surface area (Å²) in [6.07, 6.45) is 0.982. The Balaban J connectivity index is 1.62. The van der Waals surface area contributed by atoms with Crippen molar-refractivity contribution < 1.29 is 9.52 Å². The van der Waals surface area contributed by atoms with Crippen molar-refractivity contribution in [3.05, 3.63) is 36.2 Å². The Kier molecular flexibility index (Phi) is 5.60. The van der Waals surface area contributed by atoms with E-state index < -0.39 is 0 Å². The van der Waals surface area contributed by atoms with Crippen LogP contribution in [0.25, 0.3) is 11.5 Å². The number of nitrogens with zero attached hydrogens (tertiary/aromatic N) is 4. The zero-order valence-electron chi connectivity index (χ0n) is 14.4. The Labute approximate surface area is 143 Å². The molecule has 2 atom stereocenters. The smallest absolute Gasteiger partial charge is 0.247 e. The third-order valence-corrected chi connectivity index (χ3v) is 4.91. The fourth-order valence-electron chi connectivity index (χ4n) is 3.25. The quantitative estimate of drug-likeness (QED) is 0.876. The van der Waals surface area contributed by atoms with Gasteiger partial charge in [-0.05, 0) is 25.5 Å². The summed E-state index contributed by atoms with van der Waals surface area (Å²) in [6, 6.07) is 10.2. The fourth-order valence-corrected chi connectivity index (χ4v) is 3.25. The molecule has 24 heavy (non-hydrogen) atoms. The van der Waals surface area contributed by atoms with E-state index in [-0.39, 0.29) is 18.7 Å². The molecular weight excluding hydrogens is 304 g/mol. The molecular formula is C18H26N4O2. The van der Waals surface area contributed by atoms with Gasteiger partial charge in [0.25, 0.3) is 0 Å². The van der Waals surface area contributed by atoms with Gasteiger partial charge in [0, 0.05) is 37.8 Å². The lowest BCUT2D eigenvalue weighted by atomic mass is 10.1. The average molecular weight is 330 g/mol.